The maximum Gasteiger partial charge on any atom is 0.339 e. The monoisotopic (exact) mass is 528 g/mol. The molecule has 2 aromatic heterocycles. The Bertz CT molecular complexity index is 1370. The first-order valence-electron chi connectivity index (χ1n) is 11.3. The summed E-state index contributed by atoms with van der Waals surface area (Å²) in [5.74, 6) is 0.840. The fraction of sp³-hybridized carbons (Fsp3) is 0.259. The number of furan rings is 1. The minimum Gasteiger partial charge on any atom is -0.489 e. The number of anilines is 1. The summed E-state index contributed by atoms with van der Waals surface area (Å²) >= 11 is 12.9. The van der Waals surface area contributed by atoms with E-state index < -0.39 is 5.97 Å². The molecule has 0 aliphatic heterocycles. The standard InChI is InChI=1S/C27H26Cl2N2O5/c1-15(2)26-19(25(30-36-26)24-20(28)6-5-7-21(24)29)14-35-17-8-9-22(16(3)12-17)31(4)13-23-18(27(32)33)10-11-34-23/h5-12,15H,13-14H2,1-4H3,(H,32,33). The molecule has 0 aliphatic rings. The summed E-state index contributed by atoms with van der Waals surface area (Å²) in [6, 6.07) is 12.5. The number of nitrogens with zero attached hydrogens (tertiary/aromatic N) is 2. The molecule has 0 fully saturated rings. The third-order valence-corrected chi connectivity index (χ3v) is 6.49. The number of aromatic nitrogens is 1. The van der Waals surface area contributed by atoms with E-state index in [0.29, 0.717) is 45.1 Å². The highest BCUT2D eigenvalue weighted by Gasteiger charge is 2.24. The lowest BCUT2D eigenvalue weighted by Crippen LogP contribution is -2.18. The molecule has 7 nitrogen and oxygen atoms in total. The Hall–Kier alpha value is -3.42. The summed E-state index contributed by atoms with van der Waals surface area (Å²) in [7, 11) is 1.88. The number of benzene rings is 2. The average Bonchev–Trinajstić information content (AvgIpc) is 3.45. The highest BCUT2D eigenvalue weighted by Crippen LogP contribution is 2.39. The van der Waals surface area contributed by atoms with Crippen molar-refractivity contribution in [2.24, 2.45) is 0 Å². The molecule has 9 heteroatoms. The van der Waals surface area contributed by atoms with Gasteiger partial charge in [-0.1, -0.05) is 48.3 Å². The van der Waals surface area contributed by atoms with Gasteiger partial charge in [0.15, 0.2) is 0 Å². The molecule has 4 rings (SSSR count). The fourth-order valence-electron chi connectivity index (χ4n) is 4.09. The molecule has 1 N–H and O–H groups in total. The van der Waals surface area contributed by atoms with Crippen LogP contribution in [0, 0.1) is 6.92 Å². The van der Waals surface area contributed by atoms with Crippen LogP contribution in [-0.2, 0) is 13.2 Å². The Morgan fingerprint density at radius 2 is 1.89 bits per heavy atom. The van der Waals surface area contributed by atoms with Crippen LogP contribution < -0.4 is 9.64 Å². The highest BCUT2D eigenvalue weighted by molar-refractivity contribution is 6.39. The van der Waals surface area contributed by atoms with Crippen molar-refractivity contribution in [3.05, 3.63) is 87.0 Å². The predicted molar refractivity (Wildman–Crippen MR) is 139 cm³/mol. The summed E-state index contributed by atoms with van der Waals surface area (Å²) in [5.41, 5.74) is 4.01. The highest BCUT2D eigenvalue weighted by atomic mass is 35.5. The number of hydrogen-bond acceptors (Lipinski definition) is 6. The van der Waals surface area contributed by atoms with Crippen molar-refractivity contribution in [1.29, 1.82) is 0 Å². The second-order valence-corrected chi connectivity index (χ2v) is 9.60. The Kier molecular flexibility index (Phi) is 7.62. The largest absolute Gasteiger partial charge is 0.489 e. The first kappa shape index (κ1) is 25.7. The van der Waals surface area contributed by atoms with Crippen LogP contribution in [0.4, 0.5) is 5.69 Å². The second-order valence-electron chi connectivity index (χ2n) is 8.78. The average molecular weight is 529 g/mol. The Labute approximate surface area is 219 Å². The molecule has 36 heavy (non-hydrogen) atoms. The van der Waals surface area contributed by atoms with Gasteiger partial charge in [-0.3, -0.25) is 0 Å². The van der Waals surface area contributed by atoms with Gasteiger partial charge in [0.25, 0.3) is 0 Å². The van der Waals surface area contributed by atoms with Crippen LogP contribution in [0.15, 0.2) is 57.7 Å². The summed E-state index contributed by atoms with van der Waals surface area (Å²) in [6.45, 7) is 6.54. The Balaban J connectivity index is 1.55. The minimum absolute atomic E-state index is 0.0844. The lowest BCUT2D eigenvalue weighted by molar-refractivity contribution is 0.0694. The normalized spacial score (nSPS) is 11.2. The van der Waals surface area contributed by atoms with Crippen LogP contribution in [0.5, 0.6) is 5.75 Å². The van der Waals surface area contributed by atoms with Crippen LogP contribution in [-0.4, -0.2) is 23.3 Å². The van der Waals surface area contributed by atoms with Crippen molar-refractivity contribution >= 4 is 34.9 Å². The third kappa shape index (κ3) is 5.22. The molecular weight excluding hydrogens is 503 g/mol. The number of carbonyl (C=O) groups is 1. The van der Waals surface area contributed by atoms with Gasteiger partial charge in [-0.05, 0) is 48.9 Å². The van der Waals surface area contributed by atoms with E-state index >= 15 is 0 Å². The smallest absolute Gasteiger partial charge is 0.339 e. The molecule has 0 atom stereocenters. The summed E-state index contributed by atoms with van der Waals surface area (Å²) < 4.78 is 17.2. The van der Waals surface area contributed by atoms with Crippen LogP contribution >= 0.6 is 23.2 Å². The van der Waals surface area contributed by atoms with Gasteiger partial charge >= 0.3 is 5.97 Å². The van der Waals surface area contributed by atoms with Crippen LogP contribution in [0.1, 0.15) is 52.8 Å². The zero-order valence-corrected chi connectivity index (χ0v) is 21.9. The van der Waals surface area contributed by atoms with Crippen molar-refractivity contribution in [1.82, 2.24) is 5.16 Å². The molecule has 0 radical (unpaired) electrons. The molecule has 2 aromatic carbocycles. The van der Waals surface area contributed by atoms with E-state index in [4.69, 9.17) is 36.9 Å². The van der Waals surface area contributed by atoms with Gasteiger partial charge in [-0.15, -0.1) is 0 Å². The van der Waals surface area contributed by atoms with Gasteiger partial charge in [0, 0.05) is 24.2 Å². The van der Waals surface area contributed by atoms with Crippen molar-refractivity contribution in [2.45, 2.75) is 39.8 Å². The zero-order valence-electron chi connectivity index (χ0n) is 20.3. The molecule has 188 valence electrons. The molecule has 4 aromatic rings. The van der Waals surface area contributed by atoms with E-state index in [2.05, 4.69) is 5.16 Å². The van der Waals surface area contributed by atoms with E-state index in [1.54, 1.807) is 18.2 Å². The number of ether oxygens (including phenoxy) is 1. The zero-order chi connectivity index (χ0) is 26.0. The Morgan fingerprint density at radius 1 is 1.17 bits per heavy atom. The van der Waals surface area contributed by atoms with E-state index in [-0.39, 0.29) is 18.1 Å². The molecule has 0 saturated heterocycles. The van der Waals surface area contributed by atoms with Gasteiger partial charge in [0.05, 0.1) is 28.4 Å². The molecule has 0 saturated carbocycles. The van der Waals surface area contributed by atoms with E-state index in [0.717, 1.165) is 16.8 Å². The van der Waals surface area contributed by atoms with Gasteiger partial charge in [-0.2, -0.15) is 0 Å². The molecule has 0 unspecified atom stereocenters. The number of carboxylic acid groups (broad SMARTS) is 1. The van der Waals surface area contributed by atoms with Crippen molar-refractivity contribution in [3.63, 3.8) is 0 Å². The quantitative estimate of drug-likeness (QED) is 0.239. The summed E-state index contributed by atoms with van der Waals surface area (Å²) in [6.07, 6.45) is 1.39. The third-order valence-electron chi connectivity index (χ3n) is 5.86. The number of carboxylic acids is 1. The Morgan fingerprint density at radius 3 is 2.53 bits per heavy atom. The molecule has 0 amide bonds. The first-order chi connectivity index (χ1) is 17.2. The molecule has 0 bridgehead atoms. The van der Waals surface area contributed by atoms with Crippen LogP contribution in [0.3, 0.4) is 0 Å². The lowest BCUT2D eigenvalue weighted by atomic mass is 10.0. The number of aromatic carboxylic acids is 1. The van der Waals surface area contributed by atoms with Crippen molar-refractivity contribution in [2.75, 3.05) is 11.9 Å². The summed E-state index contributed by atoms with van der Waals surface area (Å²) in [5, 5.41) is 14.6. The maximum atomic E-state index is 11.4. The first-order valence-corrected chi connectivity index (χ1v) is 12.1. The predicted octanol–water partition coefficient (Wildman–Crippen LogP) is 7.59. The topological polar surface area (TPSA) is 88.9 Å². The summed E-state index contributed by atoms with van der Waals surface area (Å²) in [4.78, 5) is 13.3. The van der Waals surface area contributed by atoms with Crippen LogP contribution in [0.25, 0.3) is 11.3 Å². The fourth-order valence-corrected chi connectivity index (χ4v) is 4.67. The van der Waals surface area contributed by atoms with Crippen LogP contribution in [0.2, 0.25) is 10.0 Å². The molecule has 0 spiro atoms. The number of aryl methyl sites for hydroxylation is 1. The van der Waals surface area contributed by atoms with Gasteiger partial charge in [0.2, 0.25) is 0 Å². The van der Waals surface area contributed by atoms with Gasteiger partial charge < -0.3 is 23.7 Å². The van der Waals surface area contributed by atoms with Crippen molar-refractivity contribution < 1.29 is 23.6 Å². The number of rotatable bonds is 9. The van der Waals surface area contributed by atoms with Gasteiger partial charge in [-0.25, -0.2) is 4.79 Å². The molecular formula is C27H26Cl2N2O5. The second kappa shape index (κ2) is 10.7. The SMILES string of the molecule is Cc1cc(OCc2c(-c3c(Cl)cccc3Cl)noc2C(C)C)ccc1N(C)Cc1occc1C(=O)O. The number of halogens is 2. The van der Waals surface area contributed by atoms with E-state index in [1.165, 1.54) is 12.3 Å². The number of hydrogen-bond donors (Lipinski definition) is 1. The molecule has 0 aliphatic carbocycles. The van der Waals surface area contributed by atoms with Gasteiger partial charge in [0.1, 0.15) is 35.1 Å². The maximum absolute atomic E-state index is 11.4. The lowest BCUT2D eigenvalue weighted by Gasteiger charge is -2.21. The van der Waals surface area contributed by atoms with E-state index in [9.17, 15) is 9.90 Å². The minimum atomic E-state index is -1.01. The van der Waals surface area contributed by atoms with Crippen molar-refractivity contribution in [3.8, 4) is 17.0 Å². The molecule has 2 heterocycles. The van der Waals surface area contributed by atoms with E-state index in [1.807, 2.05) is 50.9 Å².